The van der Waals surface area contributed by atoms with E-state index >= 15 is 0 Å². The molecule has 0 radical (unpaired) electrons. The first kappa shape index (κ1) is 21.9. The molecule has 1 amide bonds. The molecule has 0 saturated carbocycles. The number of hydrogen-bond acceptors (Lipinski definition) is 5. The first-order valence-corrected chi connectivity index (χ1v) is 10.8. The second-order valence-electron chi connectivity index (χ2n) is 8.14. The van der Waals surface area contributed by atoms with Crippen LogP contribution in [0.5, 0.6) is 5.75 Å². The zero-order valence-electron chi connectivity index (χ0n) is 18.1. The molecule has 6 nitrogen and oxygen atoms in total. The zero-order valence-corrected chi connectivity index (χ0v) is 18.9. The average Bonchev–Trinajstić information content (AvgIpc) is 3.13. The number of benzene rings is 2. The number of nitrogens with one attached hydrogen (secondary N) is 1. The summed E-state index contributed by atoms with van der Waals surface area (Å²) in [4.78, 5) is 12.3. The number of rotatable bonds is 7. The first-order chi connectivity index (χ1) is 14.3. The Bertz CT molecular complexity index is 1010. The molecule has 0 saturated heterocycles. The lowest BCUT2D eigenvalue weighted by molar-refractivity contribution is -0.128. The van der Waals surface area contributed by atoms with Crippen molar-refractivity contribution in [2.45, 2.75) is 45.1 Å². The van der Waals surface area contributed by atoms with Crippen molar-refractivity contribution in [3.8, 4) is 11.4 Å². The normalized spacial score (nSPS) is 11.4. The lowest BCUT2D eigenvalue weighted by atomic mass is 9.96. The second-order valence-corrected chi connectivity index (χ2v) is 9.09. The number of carbonyl (C=O) groups excluding carboxylic acids is 1. The fourth-order valence-corrected chi connectivity index (χ4v) is 3.71. The lowest BCUT2D eigenvalue weighted by Crippen LogP contribution is -2.35. The Hall–Kier alpha value is -2.80. The molecule has 7 heteroatoms. The Labute approximate surface area is 182 Å². The summed E-state index contributed by atoms with van der Waals surface area (Å²) in [6.07, 6.45) is 0. The number of hydrogen-bond donors (Lipinski definition) is 1. The summed E-state index contributed by atoms with van der Waals surface area (Å²) in [6, 6.07) is 16.2. The third kappa shape index (κ3) is 5.42. The van der Waals surface area contributed by atoms with Crippen molar-refractivity contribution in [2.75, 3.05) is 7.11 Å². The van der Waals surface area contributed by atoms with Gasteiger partial charge >= 0.3 is 0 Å². The van der Waals surface area contributed by atoms with Gasteiger partial charge in [-0.2, -0.15) is 0 Å². The molecule has 1 N–H and O–H groups in total. The lowest BCUT2D eigenvalue weighted by Gasteiger charge is -2.18. The van der Waals surface area contributed by atoms with Crippen LogP contribution in [-0.2, 0) is 17.1 Å². The summed E-state index contributed by atoms with van der Waals surface area (Å²) in [5.41, 5.74) is 2.83. The summed E-state index contributed by atoms with van der Waals surface area (Å²) < 4.78 is 7.32. The van der Waals surface area contributed by atoms with Gasteiger partial charge in [0.25, 0.3) is 0 Å². The van der Waals surface area contributed by atoms with Crippen molar-refractivity contribution in [1.29, 1.82) is 0 Å². The van der Waals surface area contributed by atoms with Gasteiger partial charge in [-0.3, -0.25) is 9.36 Å². The third-order valence-electron chi connectivity index (χ3n) is 4.58. The van der Waals surface area contributed by atoms with Crippen molar-refractivity contribution in [1.82, 2.24) is 20.1 Å². The fourth-order valence-electron chi connectivity index (χ4n) is 2.80. The minimum absolute atomic E-state index is 0.0217. The molecule has 0 bridgehead atoms. The van der Waals surface area contributed by atoms with Gasteiger partial charge < -0.3 is 10.1 Å². The molecule has 3 aromatic rings. The largest absolute Gasteiger partial charge is 0.497 e. The Morgan fingerprint density at radius 3 is 2.53 bits per heavy atom. The molecule has 3 rings (SSSR count). The monoisotopic (exact) mass is 424 g/mol. The quantitative estimate of drug-likeness (QED) is 0.564. The molecule has 1 aromatic heterocycles. The van der Waals surface area contributed by atoms with Crippen molar-refractivity contribution < 1.29 is 9.53 Å². The van der Waals surface area contributed by atoms with Crippen LogP contribution in [0.4, 0.5) is 0 Å². The predicted octanol–water partition coefficient (Wildman–Crippen LogP) is 4.54. The topological polar surface area (TPSA) is 69.0 Å². The highest BCUT2D eigenvalue weighted by Gasteiger charge is 2.22. The molecule has 0 unspecified atom stereocenters. The van der Waals surface area contributed by atoms with Crippen LogP contribution in [0, 0.1) is 12.3 Å². The van der Waals surface area contributed by atoms with E-state index < -0.39 is 5.41 Å². The predicted molar refractivity (Wildman–Crippen MR) is 120 cm³/mol. The van der Waals surface area contributed by atoms with E-state index in [0.717, 1.165) is 27.9 Å². The number of ether oxygens (including phenoxy) is 1. The highest BCUT2D eigenvalue weighted by molar-refractivity contribution is 7.98. The third-order valence-corrected chi connectivity index (χ3v) is 5.58. The summed E-state index contributed by atoms with van der Waals surface area (Å²) in [6.45, 7) is 8.04. The maximum atomic E-state index is 12.3. The van der Waals surface area contributed by atoms with Gasteiger partial charge in [-0.1, -0.05) is 62.4 Å². The number of amides is 1. The van der Waals surface area contributed by atoms with Gasteiger partial charge in [0.15, 0.2) is 11.0 Å². The Morgan fingerprint density at radius 1 is 1.13 bits per heavy atom. The molecule has 0 aliphatic carbocycles. The maximum Gasteiger partial charge on any atom is 0.225 e. The Morgan fingerprint density at radius 2 is 1.87 bits per heavy atom. The van der Waals surface area contributed by atoms with Crippen LogP contribution in [0.2, 0.25) is 0 Å². The fraction of sp³-hybridized carbons (Fsp3) is 0.348. The van der Waals surface area contributed by atoms with Crippen LogP contribution in [0.25, 0.3) is 5.69 Å². The summed E-state index contributed by atoms with van der Waals surface area (Å²) >= 11 is 1.60. The Balaban J connectivity index is 1.85. The maximum absolute atomic E-state index is 12.3. The number of methoxy groups -OCH3 is 1. The molecule has 0 spiro atoms. The second kappa shape index (κ2) is 9.34. The molecule has 30 heavy (non-hydrogen) atoms. The van der Waals surface area contributed by atoms with E-state index in [1.54, 1.807) is 18.9 Å². The van der Waals surface area contributed by atoms with Gasteiger partial charge in [-0.25, -0.2) is 0 Å². The van der Waals surface area contributed by atoms with Gasteiger partial charge in [0.05, 0.1) is 13.7 Å². The van der Waals surface area contributed by atoms with Gasteiger partial charge in [0.2, 0.25) is 5.91 Å². The van der Waals surface area contributed by atoms with Crippen LogP contribution in [0.15, 0.2) is 53.7 Å². The van der Waals surface area contributed by atoms with Gasteiger partial charge in [0.1, 0.15) is 5.75 Å². The smallest absolute Gasteiger partial charge is 0.225 e. The van der Waals surface area contributed by atoms with Crippen molar-refractivity contribution in [3.63, 3.8) is 0 Å². The molecular formula is C23H28N4O2S. The number of carbonyl (C=O) groups is 1. The molecule has 2 aromatic carbocycles. The average molecular weight is 425 g/mol. The van der Waals surface area contributed by atoms with Crippen LogP contribution in [-0.4, -0.2) is 27.8 Å². The number of aryl methyl sites for hydroxylation is 1. The summed E-state index contributed by atoms with van der Waals surface area (Å²) in [5, 5.41) is 12.5. The van der Waals surface area contributed by atoms with Crippen molar-refractivity contribution >= 4 is 17.7 Å². The van der Waals surface area contributed by atoms with E-state index in [2.05, 4.69) is 40.6 Å². The molecule has 0 atom stereocenters. The highest BCUT2D eigenvalue weighted by Crippen LogP contribution is 2.27. The van der Waals surface area contributed by atoms with E-state index in [1.165, 1.54) is 5.56 Å². The standard InChI is InChI=1S/C23H28N4O2S/c1-16-9-11-18(12-10-16)27-20(14-24-21(28)23(2,3)4)25-26-22(27)30-15-17-7-6-8-19(13-17)29-5/h6-13H,14-15H2,1-5H3,(H,24,28). The van der Waals surface area contributed by atoms with Crippen LogP contribution in [0.3, 0.4) is 0 Å². The van der Waals surface area contributed by atoms with Crippen LogP contribution >= 0.6 is 11.8 Å². The number of aromatic nitrogens is 3. The molecule has 0 aliphatic rings. The molecule has 1 heterocycles. The van der Waals surface area contributed by atoms with Crippen molar-refractivity contribution in [2.24, 2.45) is 5.41 Å². The van der Waals surface area contributed by atoms with Crippen molar-refractivity contribution in [3.05, 3.63) is 65.5 Å². The van der Waals surface area contributed by atoms with E-state index in [4.69, 9.17) is 4.74 Å². The van der Waals surface area contributed by atoms with E-state index in [0.29, 0.717) is 12.4 Å². The minimum atomic E-state index is -0.460. The van der Waals surface area contributed by atoms with Gasteiger partial charge in [-0.05, 0) is 36.8 Å². The van der Waals surface area contributed by atoms with E-state index in [1.807, 2.05) is 55.7 Å². The highest BCUT2D eigenvalue weighted by atomic mass is 32.2. The summed E-state index contributed by atoms with van der Waals surface area (Å²) in [5.74, 6) is 2.24. The number of nitrogens with zero attached hydrogens (tertiary/aromatic N) is 3. The molecule has 0 fully saturated rings. The molecular weight excluding hydrogens is 396 g/mol. The SMILES string of the molecule is COc1cccc(CSc2nnc(CNC(=O)C(C)(C)C)n2-c2ccc(C)cc2)c1. The summed E-state index contributed by atoms with van der Waals surface area (Å²) in [7, 11) is 1.67. The van der Waals surface area contributed by atoms with Gasteiger partial charge in [0, 0.05) is 16.9 Å². The first-order valence-electron chi connectivity index (χ1n) is 9.83. The zero-order chi connectivity index (χ0) is 21.7. The molecule has 158 valence electrons. The molecule has 0 aliphatic heterocycles. The number of thioether (sulfide) groups is 1. The van der Waals surface area contributed by atoms with Crippen LogP contribution in [0.1, 0.15) is 37.7 Å². The van der Waals surface area contributed by atoms with E-state index in [9.17, 15) is 4.79 Å². The minimum Gasteiger partial charge on any atom is -0.497 e. The van der Waals surface area contributed by atoms with Crippen LogP contribution < -0.4 is 10.1 Å². The Kier molecular flexibility index (Phi) is 6.82. The van der Waals surface area contributed by atoms with Gasteiger partial charge in [-0.15, -0.1) is 10.2 Å². The van der Waals surface area contributed by atoms with E-state index in [-0.39, 0.29) is 5.91 Å².